The number of pyridine rings is 1. The Morgan fingerprint density at radius 1 is 1.16 bits per heavy atom. The quantitative estimate of drug-likeness (QED) is 0.637. The summed E-state index contributed by atoms with van der Waals surface area (Å²) in [6, 6.07) is 7.56. The SMILES string of the molecule is O=c1c(Cl)c(-c2ccc3c(c2)COC2(CCN(C4CCC4)CC2)O3)ccn1CC(F)(F)F. The van der Waals surface area contributed by atoms with Crippen molar-refractivity contribution >= 4 is 11.6 Å². The van der Waals surface area contributed by atoms with E-state index in [0.717, 1.165) is 43.4 Å². The van der Waals surface area contributed by atoms with Crippen LogP contribution in [0.15, 0.2) is 35.3 Å². The van der Waals surface area contributed by atoms with Crippen molar-refractivity contribution in [2.75, 3.05) is 13.1 Å². The van der Waals surface area contributed by atoms with Gasteiger partial charge in [0.1, 0.15) is 17.3 Å². The van der Waals surface area contributed by atoms with E-state index in [1.54, 1.807) is 6.07 Å². The molecule has 1 spiro atoms. The first-order valence-electron chi connectivity index (χ1n) is 10.9. The molecule has 5 rings (SSSR count). The molecule has 1 saturated carbocycles. The summed E-state index contributed by atoms with van der Waals surface area (Å²) in [5.41, 5.74) is 0.967. The van der Waals surface area contributed by atoms with Crippen LogP contribution in [0.1, 0.15) is 37.7 Å². The second kappa shape index (κ2) is 8.08. The van der Waals surface area contributed by atoms with Gasteiger partial charge in [0.2, 0.25) is 5.79 Å². The Labute approximate surface area is 188 Å². The monoisotopic (exact) mass is 468 g/mol. The number of likely N-dealkylation sites (tertiary alicyclic amines) is 1. The lowest BCUT2D eigenvalue weighted by Crippen LogP contribution is -2.54. The second-order valence-corrected chi connectivity index (χ2v) is 9.21. The smallest absolute Gasteiger partial charge is 0.406 e. The van der Waals surface area contributed by atoms with Crippen LogP contribution >= 0.6 is 11.6 Å². The van der Waals surface area contributed by atoms with Crippen molar-refractivity contribution in [3.63, 3.8) is 0 Å². The van der Waals surface area contributed by atoms with E-state index in [1.165, 1.54) is 25.3 Å². The van der Waals surface area contributed by atoms with Gasteiger partial charge >= 0.3 is 6.18 Å². The van der Waals surface area contributed by atoms with Crippen molar-refractivity contribution in [1.82, 2.24) is 9.47 Å². The first-order valence-corrected chi connectivity index (χ1v) is 11.3. The van der Waals surface area contributed by atoms with Crippen molar-refractivity contribution in [3.05, 3.63) is 51.4 Å². The average molecular weight is 469 g/mol. The van der Waals surface area contributed by atoms with Crippen LogP contribution < -0.4 is 10.3 Å². The first-order chi connectivity index (χ1) is 15.2. The van der Waals surface area contributed by atoms with E-state index in [-0.39, 0.29) is 5.02 Å². The molecule has 0 radical (unpaired) electrons. The third-order valence-electron chi connectivity index (χ3n) is 6.76. The number of ether oxygens (including phenoxy) is 2. The number of piperidine rings is 1. The topological polar surface area (TPSA) is 43.7 Å². The molecule has 5 nitrogen and oxygen atoms in total. The molecule has 2 fully saturated rings. The molecule has 32 heavy (non-hydrogen) atoms. The summed E-state index contributed by atoms with van der Waals surface area (Å²) in [7, 11) is 0. The third kappa shape index (κ3) is 4.16. The van der Waals surface area contributed by atoms with Gasteiger partial charge in [-0.15, -0.1) is 0 Å². The molecule has 0 atom stereocenters. The molecule has 9 heteroatoms. The highest BCUT2D eigenvalue weighted by molar-refractivity contribution is 6.33. The number of fused-ring (bicyclic) bond motifs is 1. The van der Waals surface area contributed by atoms with Crippen LogP contribution in [0.2, 0.25) is 5.02 Å². The van der Waals surface area contributed by atoms with Gasteiger partial charge in [-0.3, -0.25) is 9.69 Å². The second-order valence-electron chi connectivity index (χ2n) is 8.84. The third-order valence-corrected chi connectivity index (χ3v) is 7.13. The van der Waals surface area contributed by atoms with Gasteiger partial charge in [0.25, 0.3) is 5.56 Å². The van der Waals surface area contributed by atoms with Crippen molar-refractivity contribution in [3.8, 4) is 16.9 Å². The molecule has 2 aliphatic heterocycles. The van der Waals surface area contributed by atoms with E-state index < -0.39 is 24.1 Å². The Morgan fingerprint density at radius 3 is 2.56 bits per heavy atom. The maximum Gasteiger partial charge on any atom is 0.406 e. The minimum absolute atomic E-state index is 0.241. The highest BCUT2D eigenvalue weighted by atomic mass is 35.5. The zero-order chi connectivity index (χ0) is 22.5. The number of hydrogen-bond acceptors (Lipinski definition) is 4. The molecule has 3 aliphatic rings. The molecule has 0 bridgehead atoms. The summed E-state index contributed by atoms with van der Waals surface area (Å²) in [5.74, 6) is 0.128. The van der Waals surface area contributed by atoms with Gasteiger partial charge in [-0.25, -0.2) is 0 Å². The molecule has 1 saturated heterocycles. The zero-order valence-electron chi connectivity index (χ0n) is 17.5. The standard InChI is InChI=1S/C23H24ClF3N2O3/c24-20-18(6-9-29(21(20)30)14-23(25,26)27)15-4-5-19-16(12-15)13-31-22(32-19)7-10-28(11-8-22)17-2-1-3-17/h4-6,9,12,17H,1-3,7-8,10-11,13-14H2. The fourth-order valence-corrected chi connectivity index (χ4v) is 4.99. The van der Waals surface area contributed by atoms with E-state index in [0.29, 0.717) is 28.3 Å². The summed E-state index contributed by atoms with van der Waals surface area (Å²) in [4.78, 5) is 14.8. The van der Waals surface area contributed by atoms with E-state index in [2.05, 4.69) is 4.90 Å². The van der Waals surface area contributed by atoms with Gasteiger partial charge < -0.3 is 14.0 Å². The van der Waals surface area contributed by atoms with Crippen LogP contribution in [0.25, 0.3) is 11.1 Å². The van der Waals surface area contributed by atoms with Crippen molar-refractivity contribution < 1.29 is 22.6 Å². The van der Waals surface area contributed by atoms with Crippen molar-refractivity contribution in [2.24, 2.45) is 0 Å². The number of nitrogens with zero attached hydrogens (tertiary/aromatic N) is 2. The number of alkyl halides is 3. The Morgan fingerprint density at radius 2 is 1.91 bits per heavy atom. The van der Waals surface area contributed by atoms with Crippen LogP contribution in [-0.2, 0) is 17.9 Å². The van der Waals surface area contributed by atoms with Crippen molar-refractivity contribution in [2.45, 2.75) is 63.3 Å². The van der Waals surface area contributed by atoms with Gasteiger partial charge in [-0.1, -0.05) is 24.1 Å². The fourth-order valence-electron chi connectivity index (χ4n) is 4.71. The molecule has 0 amide bonds. The molecule has 2 aromatic rings. The molecule has 0 unspecified atom stereocenters. The highest BCUT2D eigenvalue weighted by Crippen LogP contribution is 2.41. The number of halogens is 4. The minimum atomic E-state index is -4.50. The van der Waals surface area contributed by atoms with Crippen LogP contribution in [-0.4, -0.2) is 40.6 Å². The average Bonchev–Trinajstić information content (AvgIpc) is 2.71. The van der Waals surface area contributed by atoms with Gasteiger partial charge in [-0.2, -0.15) is 13.2 Å². The summed E-state index contributed by atoms with van der Waals surface area (Å²) in [5, 5.41) is -0.241. The Balaban J connectivity index is 1.33. The maximum absolute atomic E-state index is 12.7. The normalized spacial score (nSPS) is 21.1. The molecule has 172 valence electrons. The van der Waals surface area contributed by atoms with Crippen molar-refractivity contribution in [1.29, 1.82) is 0 Å². The fraction of sp³-hybridized carbons (Fsp3) is 0.522. The molecule has 0 N–H and O–H groups in total. The molecule has 1 aromatic heterocycles. The maximum atomic E-state index is 12.7. The van der Waals surface area contributed by atoms with Crippen LogP contribution in [0.5, 0.6) is 5.75 Å². The first kappa shape index (κ1) is 21.8. The molecule has 3 heterocycles. The lowest BCUT2D eigenvalue weighted by Gasteiger charge is -2.47. The minimum Gasteiger partial charge on any atom is -0.462 e. The van der Waals surface area contributed by atoms with E-state index in [9.17, 15) is 18.0 Å². The summed E-state index contributed by atoms with van der Waals surface area (Å²) in [6.07, 6.45) is 2.12. The molecular weight excluding hydrogens is 445 g/mol. The van der Waals surface area contributed by atoms with Crippen LogP contribution in [0, 0.1) is 0 Å². The molecule has 1 aromatic carbocycles. The predicted molar refractivity (Wildman–Crippen MR) is 114 cm³/mol. The largest absolute Gasteiger partial charge is 0.462 e. The molecule has 1 aliphatic carbocycles. The number of rotatable bonds is 3. The van der Waals surface area contributed by atoms with E-state index in [4.69, 9.17) is 21.1 Å². The summed E-state index contributed by atoms with van der Waals surface area (Å²) < 4.78 is 51.0. The van der Waals surface area contributed by atoms with Gasteiger partial charge in [0.05, 0.1) is 6.61 Å². The number of aromatic nitrogens is 1. The zero-order valence-corrected chi connectivity index (χ0v) is 18.2. The summed E-state index contributed by atoms with van der Waals surface area (Å²) in [6.45, 7) is 0.914. The summed E-state index contributed by atoms with van der Waals surface area (Å²) >= 11 is 6.15. The van der Waals surface area contributed by atoms with E-state index >= 15 is 0 Å². The Bertz CT molecular complexity index is 1070. The van der Waals surface area contributed by atoms with Crippen LogP contribution in [0.4, 0.5) is 13.2 Å². The lowest BCUT2D eigenvalue weighted by molar-refractivity contribution is -0.231. The van der Waals surface area contributed by atoms with Gasteiger partial charge in [0.15, 0.2) is 0 Å². The van der Waals surface area contributed by atoms with Gasteiger partial charge in [-0.05, 0) is 36.6 Å². The predicted octanol–water partition coefficient (Wildman–Crippen LogP) is 4.98. The number of hydrogen-bond donors (Lipinski definition) is 0. The van der Waals surface area contributed by atoms with E-state index in [1.807, 2.05) is 12.1 Å². The van der Waals surface area contributed by atoms with Crippen LogP contribution in [0.3, 0.4) is 0 Å². The van der Waals surface area contributed by atoms with Gasteiger partial charge in [0, 0.05) is 49.3 Å². The Kier molecular flexibility index (Phi) is 5.50. The molecular formula is C23H24ClF3N2O3. The number of benzene rings is 1. The highest BCUT2D eigenvalue weighted by Gasteiger charge is 2.42. The lowest BCUT2D eigenvalue weighted by atomic mass is 9.89. The Hall–Kier alpha value is -2.03.